The fraction of sp³-hybridized carbons (Fsp3) is 0. The number of nitro groups is 1. The minimum atomic E-state index is -0.496. The van der Waals surface area contributed by atoms with Crippen LogP contribution in [-0.2, 0) is 0 Å². The van der Waals surface area contributed by atoms with Gasteiger partial charge in [0.15, 0.2) is 0 Å². The predicted molar refractivity (Wildman–Crippen MR) is 88.4 cm³/mol. The van der Waals surface area contributed by atoms with Gasteiger partial charge in [-0.25, -0.2) is 4.79 Å². The highest BCUT2D eigenvalue weighted by Gasteiger charge is 2.05. The van der Waals surface area contributed by atoms with Crippen molar-refractivity contribution < 1.29 is 9.72 Å². The van der Waals surface area contributed by atoms with E-state index in [9.17, 15) is 14.9 Å². The van der Waals surface area contributed by atoms with E-state index in [2.05, 4.69) is 26.6 Å². The zero-order valence-electron chi connectivity index (χ0n) is 11.3. The molecule has 22 heavy (non-hydrogen) atoms. The molecule has 0 aliphatic rings. The maximum absolute atomic E-state index is 11.7. The molecule has 0 aliphatic carbocycles. The summed E-state index contributed by atoms with van der Waals surface area (Å²) in [6.07, 6.45) is 3.26. The minimum Gasteiger partial charge on any atom is -0.314 e. The van der Waals surface area contributed by atoms with E-state index in [1.165, 1.54) is 30.5 Å². The number of hydrogen-bond acceptors (Lipinski definition) is 3. The summed E-state index contributed by atoms with van der Waals surface area (Å²) in [4.78, 5) is 21.7. The van der Waals surface area contributed by atoms with E-state index in [-0.39, 0.29) is 5.69 Å². The summed E-state index contributed by atoms with van der Waals surface area (Å²) in [5, 5.41) is 15.7. The number of non-ortho nitro benzene ring substituents is 1. The van der Waals surface area contributed by atoms with Gasteiger partial charge in [-0.2, -0.15) is 0 Å². The Morgan fingerprint density at radius 3 is 2.45 bits per heavy atom. The van der Waals surface area contributed by atoms with Crippen LogP contribution < -0.4 is 10.6 Å². The molecule has 0 saturated carbocycles. The maximum Gasteiger partial charge on any atom is 0.323 e. The smallest absolute Gasteiger partial charge is 0.314 e. The standard InChI is InChI=1S/C15H12BrN3O3/c16-14-4-2-1-3-11(14)9-10-17-15(20)18-12-5-7-13(8-6-12)19(21)22/h1-10H,(H2,17,18,20)/b10-9+. The molecular weight excluding hydrogens is 350 g/mol. The number of hydrogen-bond donors (Lipinski definition) is 2. The number of benzene rings is 2. The quantitative estimate of drug-likeness (QED) is 0.633. The first-order chi connectivity index (χ1) is 10.6. The Kier molecular flexibility index (Phi) is 5.26. The third-order valence-electron chi connectivity index (χ3n) is 2.72. The van der Waals surface area contributed by atoms with Crippen LogP contribution >= 0.6 is 15.9 Å². The van der Waals surface area contributed by atoms with Crippen molar-refractivity contribution in [1.82, 2.24) is 5.32 Å². The Morgan fingerprint density at radius 2 is 1.82 bits per heavy atom. The van der Waals surface area contributed by atoms with Gasteiger partial charge in [0, 0.05) is 28.5 Å². The van der Waals surface area contributed by atoms with Crippen molar-refractivity contribution in [3.63, 3.8) is 0 Å². The third-order valence-corrected chi connectivity index (χ3v) is 3.44. The van der Waals surface area contributed by atoms with Gasteiger partial charge in [-0.15, -0.1) is 0 Å². The zero-order chi connectivity index (χ0) is 15.9. The molecule has 0 heterocycles. The molecule has 2 N–H and O–H groups in total. The highest BCUT2D eigenvalue weighted by atomic mass is 79.9. The lowest BCUT2D eigenvalue weighted by Crippen LogP contribution is -2.23. The number of amides is 2. The fourth-order valence-corrected chi connectivity index (χ4v) is 2.07. The lowest BCUT2D eigenvalue weighted by molar-refractivity contribution is -0.384. The molecule has 112 valence electrons. The van der Waals surface area contributed by atoms with Crippen molar-refractivity contribution in [1.29, 1.82) is 0 Å². The summed E-state index contributed by atoms with van der Waals surface area (Å²) < 4.78 is 0.920. The van der Waals surface area contributed by atoms with Gasteiger partial charge in [0.25, 0.3) is 5.69 Å². The lowest BCUT2D eigenvalue weighted by Gasteiger charge is -2.04. The number of nitrogens with one attached hydrogen (secondary N) is 2. The fourth-order valence-electron chi connectivity index (χ4n) is 1.65. The van der Waals surface area contributed by atoms with Crippen LogP contribution in [0.3, 0.4) is 0 Å². The number of halogens is 1. The molecule has 0 fully saturated rings. The molecule has 6 nitrogen and oxygen atoms in total. The Balaban J connectivity index is 1.90. The molecule has 0 unspecified atom stereocenters. The monoisotopic (exact) mass is 361 g/mol. The largest absolute Gasteiger partial charge is 0.323 e. The van der Waals surface area contributed by atoms with Gasteiger partial charge in [0.2, 0.25) is 0 Å². The second kappa shape index (κ2) is 7.37. The number of rotatable bonds is 4. The van der Waals surface area contributed by atoms with E-state index >= 15 is 0 Å². The summed E-state index contributed by atoms with van der Waals surface area (Å²) in [7, 11) is 0. The average molecular weight is 362 g/mol. The van der Waals surface area contributed by atoms with Crippen molar-refractivity contribution in [3.8, 4) is 0 Å². The first-order valence-electron chi connectivity index (χ1n) is 6.29. The van der Waals surface area contributed by atoms with Crippen molar-refractivity contribution in [2.24, 2.45) is 0 Å². The third kappa shape index (κ3) is 4.42. The zero-order valence-corrected chi connectivity index (χ0v) is 12.9. The average Bonchev–Trinajstić information content (AvgIpc) is 2.50. The van der Waals surface area contributed by atoms with E-state index in [0.29, 0.717) is 5.69 Å². The number of carbonyl (C=O) groups excluding carboxylic acids is 1. The van der Waals surface area contributed by atoms with Crippen LogP contribution in [0.1, 0.15) is 5.56 Å². The van der Waals surface area contributed by atoms with Crippen LogP contribution in [0.2, 0.25) is 0 Å². The normalized spacial score (nSPS) is 10.4. The molecule has 0 spiro atoms. The molecule has 2 amide bonds. The molecular formula is C15H12BrN3O3. The van der Waals surface area contributed by atoms with E-state index in [0.717, 1.165) is 10.0 Å². The highest BCUT2D eigenvalue weighted by molar-refractivity contribution is 9.10. The maximum atomic E-state index is 11.7. The highest BCUT2D eigenvalue weighted by Crippen LogP contribution is 2.17. The van der Waals surface area contributed by atoms with E-state index in [1.54, 1.807) is 6.08 Å². The summed E-state index contributed by atoms with van der Waals surface area (Å²) in [5.41, 5.74) is 1.37. The second-order valence-corrected chi connectivity index (χ2v) is 5.11. The van der Waals surface area contributed by atoms with E-state index in [1.807, 2.05) is 24.3 Å². The van der Waals surface area contributed by atoms with Gasteiger partial charge in [0.1, 0.15) is 0 Å². The predicted octanol–water partition coefficient (Wildman–Crippen LogP) is 4.15. The van der Waals surface area contributed by atoms with Gasteiger partial charge in [-0.1, -0.05) is 34.1 Å². The van der Waals surface area contributed by atoms with Crippen LogP contribution in [0.4, 0.5) is 16.2 Å². The van der Waals surface area contributed by atoms with Gasteiger partial charge in [-0.05, 0) is 29.8 Å². The number of carbonyl (C=O) groups is 1. The molecule has 0 saturated heterocycles. The molecule has 0 aliphatic heterocycles. The first kappa shape index (κ1) is 15.7. The van der Waals surface area contributed by atoms with Crippen molar-refractivity contribution >= 4 is 39.4 Å². The number of urea groups is 1. The Labute approximate surface area is 135 Å². The van der Waals surface area contributed by atoms with Crippen LogP contribution in [0.5, 0.6) is 0 Å². The van der Waals surface area contributed by atoms with E-state index < -0.39 is 11.0 Å². The molecule has 0 atom stereocenters. The Bertz CT molecular complexity index is 714. The molecule has 7 heteroatoms. The van der Waals surface area contributed by atoms with Crippen LogP contribution in [0.15, 0.2) is 59.2 Å². The lowest BCUT2D eigenvalue weighted by atomic mass is 10.2. The molecule has 0 bridgehead atoms. The van der Waals surface area contributed by atoms with Crippen molar-refractivity contribution in [2.45, 2.75) is 0 Å². The number of anilines is 1. The van der Waals surface area contributed by atoms with Crippen LogP contribution in [-0.4, -0.2) is 11.0 Å². The number of nitro benzene ring substituents is 1. The van der Waals surface area contributed by atoms with Crippen molar-refractivity contribution in [2.75, 3.05) is 5.32 Å². The summed E-state index contributed by atoms with van der Waals surface area (Å²) in [6, 6.07) is 12.7. The molecule has 2 aromatic rings. The number of nitrogens with zero attached hydrogens (tertiary/aromatic N) is 1. The van der Waals surface area contributed by atoms with Crippen LogP contribution in [0, 0.1) is 10.1 Å². The van der Waals surface area contributed by atoms with Crippen LogP contribution in [0.25, 0.3) is 6.08 Å². The second-order valence-electron chi connectivity index (χ2n) is 4.26. The first-order valence-corrected chi connectivity index (χ1v) is 7.08. The Hall–Kier alpha value is -2.67. The summed E-state index contributed by atoms with van der Waals surface area (Å²) >= 11 is 3.40. The summed E-state index contributed by atoms with van der Waals surface area (Å²) in [5.74, 6) is 0. The topological polar surface area (TPSA) is 84.3 Å². The molecule has 2 rings (SSSR count). The molecule has 0 aromatic heterocycles. The molecule has 2 aromatic carbocycles. The van der Waals surface area contributed by atoms with Crippen molar-refractivity contribution in [3.05, 3.63) is 74.9 Å². The molecule has 0 radical (unpaired) electrons. The van der Waals surface area contributed by atoms with Gasteiger partial charge in [-0.3, -0.25) is 10.1 Å². The summed E-state index contributed by atoms with van der Waals surface area (Å²) in [6.45, 7) is 0. The minimum absolute atomic E-state index is 0.0280. The van der Waals surface area contributed by atoms with E-state index in [4.69, 9.17) is 0 Å². The van der Waals surface area contributed by atoms with Gasteiger partial charge in [0.05, 0.1) is 4.92 Å². The van der Waals surface area contributed by atoms with Gasteiger partial charge < -0.3 is 10.6 Å². The van der Waals surface area contributed by atoms with Gasteiger partial charge >= 0.3 is 6.03 Å². The SMILES string of the molecule is O=C(N/C=C/c1ccccc1Br)Nc1ccc([N+](=O)[O-])cc1. The Morgan fingerprint density at radius 1 is 1.14 bits per heavy atom.